The number of amides is 1. The highest BCUT2D eigenvalue weighted by Crippen LogP contribution is 2.28. The second kappa shape index (κ2) is 9.13. The Balaban J connectivity index is 1.28. The number of piperazine rings is 1. The van der Waals surface area contributed by atoms with Crippen LogP contribution in [0.5, 0.6) is 0 Å². The molecule has 1 aromatic carbocycles. The number of hydrogen-bond donors (Lipinski definition) is 1. The van der Waals surface area contributed by atoms with Gasteiger partial charge in [-0.15, -0.1) is 0 Å². The molecule has 1 saturated carbocycles. The van der Waals surface area contributed by atoms with E-state index in [2.05, 4.69) is 25.2 Å². The van der Waals surface area contributed by atoms with E-state index >= 15 is 0 Å². The second-order valence-corrected chi connectivity index (χ2v) is 9.31. The molecule has 0 unspecified atom stereocenters. The molecule has 178 valence electrons. The van der Waals surface area contributed by atoms with Gasteiger partial charge in [0.05, 0.1) is 18.1 Å². The Morgan fingerprint density at radius 3 is 2.41 bits per heavy atom. The van der Waals surface area contributed by atoms with Gasteiger partial charge in [0, 0.05) is 49.5 Å². The van der Waals surface area contributed by atoms with Crippen molar-refractivity contribution in [2.45, 2.75) is 45.7 Å². The Kier molecular flexibility index (Phi) is 6.03. The van der Waals surface area contributed by atoms with E-state index < -0.39 is 5.82 Å². The average molecular weight is 464 g/mol. The predicted octanol–water partition coefficient (Wildman–Crippen LogP) is 4.03. The van der Waals surface area contributed by atoms with Crippen molar-refractivity contribution in [1.82, 2.24) is 29.3 Å². The molecule has 1 saturated heterocycles. The molecule has 0 radical (unpaired) electrons. The molecule has 5 rings (SSSR count). The largest absolute Gasteiger partial charge is 0.336 e. The van der Waals surface area contributed by atoms with Gasteiger partial charge in [0.1, 0.15) is 11.5 Å². The number of aromatic nitrogens is 4. The van der Waals surface area contributed by atoms with E-state index in [9.17, 15) is 9.18 Å². The number of carbonyl (C=O) groups is 1. The van der Waals surface area contributed by atoms with Crippen LogP contribution >= 0.6 is 0 Å². The Hall–Kier alpha value is -3.33. The maximum Gasteiger partial charge on any atom is 0.253 e. The van der Waals surface area contributed by atoms with Gasteiger partial charge < -0.3 is 14.8 Å². The molecule has 34 heavy (non-hydrogen) atoms. The Labute approximate surface area is 198 Å². The number of imidazole rings is 1. The summed E-state index contributed by atoms with van der Waals surface area (Å²) in [6, 6.07) is 8.11. The van der Waals surface area contributed by atoms with Crippen LogP contribution in [-0.2, 0) is 0 Å². The molecule has 8 nitrogen and oxygen atoms in total. The highest BCUT2D eigenvalue weighted by molar-refractivity contribution is 5.94. The van der Waals surface area contributed by atoms with Gasteiger partial charge in [-0.05, 0) is 57.9 Å². The lowest BCUT2D eigenvalue weighted by Gasteiger charge is -2.34. The van der Waals surface area contributed by atoms with Crippen molar-refractivity contribution in [3.8, 4) is 11.4 Å². The van der Waals surface area contributed by atoms with Crippen molar-refractivity contribution in [2.75, 3.05) is 31.5 Å². The summed E-state index contributed by atoms with van der Waals surface area (Å²) in [5.41, 5.74) is 2.19. The number of nitrogens with zero attached hydrogens (tertiary/aromatic N) is 6. The molecule has 0 spiro atoms. The molecule has 1 aliphatic carbocycles. The van der Waals surface area contributed by atoms with Crippen molar-refractivity contribution in [1.29, 1.82) is 0 Å². The molecule has 9 heteroatoms. The van der Waals surface area contributed by atoms with Gasteiger partial charge in [-0.3, -0.25) is 9.69 Å². The molecule has 2 aromatic heterocycles. The molecule has 1 N–H and O–H groups in total. The van der Waals surface area contributed by atoms with Crippen molar-refractivity contribution >= 4 is 17.5 Å². The maximum absolute atomic E-state index is 14.6. The third-order valence-corrected chi connectivity index (χ3v) is 6.54. The average Bonchev–Trinajstić information content (AvgIpc) is 3.62. The highest BCUT2D eigenvalue weighted by atomic mass is 19.1. The van der Waals surface area contributed by atoms with Crippen LogP contribution < -0.4 is 5.32 Å². The molecular formula is C25H30FN7O. The molecule has 2 aliphatic rings. The fourth-order valence-corrected chi connectivity index (χ4v) is 4.62. The molecule has 0 atom stereocenters. The third kappa shape index (κ3) is 4.52. The van der Waals surface area contributed by atoms with Crippen molar-refractivity contribution < 1.29 is 9.18 Å². The minimum atomic E-state index is -0.505. The summed E-state index contributed by atoms with van der Waals surface area (Å²) in [7, 11) is 0. The molecular weight excluding hydrogens is 433 g/mol. The summed E-state index contributed by atoms with van der Waals surface area (Å²) in [6.45, 7) is 9.38. The van der Waals surface area contributed by atoms with E-state index in [1.807, 2.05) is 42.4 Å². The first-order chi connectivity index (χ1) is 16.4. The zero-order valence-electron chi connectivity index (χ0n) is 19.8. The summed E-state index contributed by atoms with van der Waals surface area (Å²) in [5.74, 6) is 0.627. The number of rotatable bonds is 6. The Morgan fingerprint density at radius 2 is 1.76 bits per heavy atom. The van der Waals surface area contributed by atoms with Crippen LogP contribution in [0, 0.1) is 12.7 Å². The maximum atomic E-state index is 14.6. The minimum absolute atomic E-state index is 0.0552. The number of hydrogen-bond acceptors (Lipinski definition) is 6. The first-order valence-corrected chi connectivity index (χ1v) is 11.9. The first kappa shape index (κ1) is 22.5. The number of aryl methyl sites for hydroxylation is 1. The summed E-state index contributed by atoms with van der Waals surface area (Å²) in [4.78, 5) is 30.1. The monoisotopic (exact) mass is 463 g/mol. The summed E-state index contributed by atoms with van der Waals surface area (Å²) in [6.07, 6.45) is 5.39. The van der Waals surface area contributed by atoms with Gasteiger partial charge in [-0.1, -0.05) is 0 Å². The second-order valence-electron chi connectivity index (χ2n) is 9.31. The summed E-state index contributed by atoms with van der Waals surface area (Å²) >= 11 is 0. The molecule has 3 aromatic rings. The lowest BCUT2D eigenvalue weighted by atomic mass is 10.1. The molecule has 1 aliphatic heterocycles. The number of anilines is 2. The lowest BCUT2D eigenvalue weighted by molar-refractivity contribution is 0.0627. The summed E-state index contributed by atoms with van der Waals surface area (Å²) < 4.78 is 16.5. The molecule has 2 fully saturated rings. The molecule has 0 bridgehead atoms. The minimum Gasteiger partial charge on any atom is -0.336 e. The Morgan fingerprint density at radius 1 is 1.06 bits per heavy atom. The van der Waals surface area contributed by atoms with Gasteiger partial charge in [-0.25, -0.2) is 19.3 Å². The number of benzene rings is 1. The van der Waals surface area contributed by atoms with E-state index in [4.69, 9.17) is 0 Å². The standard InChI is InChI=1S/C25H30FN7O/c1-16(2)33-17(3)27-15-22(33)23-21(26)14-28-25(30-23)29-19-6-4-18(5-7-19)24(34)32-12-10-31(11-13-32)20-8-9-20/h4-7,14-16,20H,8-13H2,1-3H3,(H,28,29,30). The fourth-order valence-electron chi connectivity index (χ4n) is 4.62. The molecule has 1 amide bonds. The number of carbonyl (C=O) groups excluding carboxylic acids is 1. The van der Waals surface area contributed by atoms with Crippen molar-refractivity contribution in [3.63, 3.8) is 0 Å². The zero-order valence-corrected chi connectivity index (χ0v) is 19.8. The summed E-state index contributed by atoms with van der Waals surface area (Å²) in [5, 5.41) is 3.12. The third-order valence-electron chi connectivity index (χ3n) is 6.54. The van der Waals surface area contributed by atoms with Crippen LogP contribution in [0.25, 0.3) is 11.4 Å². The van der Waals surface area contributed by atoms with E-state index in [0.29, 0.717) is 11.3 Å². The first-order valence-electron chi connectivity index (χ1n) is 11.9. The van der Waals surface area contributed by atoms with Crippen LogP contribution in [0.15, 0.2) is 36.7 Å². The van der Waals surface area contributed by atoms with Gasteiger partial charge >= 0.3 is 0 Å². The lowest BCUT2D eigenvalue weighted by Crippen LogP contribution is -2.49. The highest BCUT2D eigenvalue weighted by Gasteiger charge is 2.32. The number of nitrogens with one attached hydrogen (secondary N) is 1. The quantitative estimate of drug-likeness (QED) is 0.595. The topological polar surface area (TPSA) is 79.2 Å². The van der Waals surface area contributed by atoms with Crippen LogP contribution in [0.2, 0.25) is 0 Å². The normalized spacial score (nSPS) is 16.8. The van der Waals surface area contributed by atoms with Crippen LogP contribution in [0.1, 0.15) is 48.9 Å². The van der Waals surface area contributed by atoms with Crippen LogP contribution in [0.3, 0.4) is 0 Å². The van der Waals surface area contributed by atoms with Gasteiger partial charge in [0.2, 0.25) is 5.95 Å². The molecule has 3 heterocycles. The van der Waals surface area contributed by atoms with E-state index in [1.165, 1.54) is 12.8 Å². The van der Waals surface area contributed by atoms with Crippen LogP contribution in [-0.4, -0.2) is 67.4 Å². The zero-order chi connectivity index (χ0) is 23.8. The fraction of sp³-hybridized carbons (Fsp3) is 0.440. The smallest absolute Gasteiger partial charge is 0.253 e. The van der Waals surface area contributed by atoms with Crippen molar-refractivity contribution in [2.24, 2.45) is 0 Å². The van der Waals surface area contributed by atoms with Gasteiger partial charge in [0.15, 0.2) is 5.82 Å². The van der Waals surface area contributed by atoms with E-state index in [-0.39, 0.29) is 23.6 Å². The number of halogens is 1. The Bertz CT molecular complexity index is 1180. The van der Waals surface area contributed by atoms with E-state index in [1.54, 1.807) is 18.3 Å². The van der Waals surface area contributed by atoms with Gasteiger partial charge in [0.25, 0.3) is 5.91 Å². The van der Waals surface area contributed by atoms with Gasteiger partial charge in [-0.2, -0.15) is 0 Å². The SMILES string of the molecule is Cc1ncc(-c2nc(Nc3ccc(C(=O)N4CCN(C5CC5)CC4)cc3)ncc2F)n1C(C)C. The van der Waals surface area contributed by atoms with Crippen molar-refractivity contribution in [3.05, 3.63) is 53.9 Å². The van der Waals surface area contributed by atoms with E-state index in [0.717, 1.165) is 49.9 Å². The van der Waals surface area contributed by atoms with Crippen LogP contribution in [0.4, 0.5) is 16.0 Å². The predicted molar refractivity (Wildman–Crippen MR) is 129 cm³/mol.